The summed E-state index contributed by atoms with van der Waals surface area (Å²) in [6, 6.07) is 5.07. The second kappa shape index (κ2) is 5.32. The molecule has 0 aliphatic carbocycles. The predicted molar refractivity (Wildman–Crippen MR) is 62.2 cm³/mol. The van der Waals surface area contributed by atoms with Crippen LogP contribution in [0.15, 0.2) is 24.3 Å². The lowest BCUT2D eigenvalue weighted by Crippen LogP contribution is -2.20. The van der Waals surface area contributed by atoms with Crippen molar-refractivity contribution < 1.29 is 32.5 Å². The number of epoxide rings is 1. The lowest BCUT2D eigenvalue weighted by molar-refractivity contribution is -0.137. The molecule has 0 amide bonds. The van der Waals surface area contributed by atoms with Gasteiger partial charge in [-0.25, -0.2) is 4.79 Å². The first-order chi connectivity index (χ1) is 9.31. The smallest absolute Gasteiger partial charge is 0.450 e. The van der Waals surface area contributed by atoms with Gasteiger partial charge in [0.1, 0.15) is 6.61 Å². The van der Waals surface area contributed by atoms with Crippen LogP contribution in [0.2, 0.25) is 0 Å². The number of benzene rings is 1. The van der Waals surface area contributed by atoms with E-state index in [2.05, 4.69) is 4.74 Å². The van der Waals surface area contributed by atoms with Gasteiger partial charge in [0.15, 0.2) is 0 Å². The molecular formula is C13H13F3O4. The van der Waals surface area contributed by atoms with Crippen molar-refractivity contribution in [2.45, 2.75) is 31.2 Å². The van der Waals surface area contributed by atoms with Gasteiger partial charge in [-0.2, -0.15) is 13.2 Å². The van der Waals surface area contributed by atoms with Crippen molar-refractivity contribution in [3.63, 3.8) is 0 Å². The van der Waals surface area contributed by atoms with Gasteiger partial charge in [-0.3, -0.25) is 0 Å². The van der Waals surface area contributed by atoms with Gasteiger partial charge in [-0.1, -0.05) is 18.2 Å². The van der Waals surface area contributed by atoms with Crippen molar-refractivity contribution in [2.24, 2.45) is 0 Å². The molecule has 1 heterocycles. The number of rotatable bonds is 5. The van der Waals surface area contributed by atoms with Gasteiger partial charge in [0.2, 0.25) is 5.79 Å². The standard InChI is InChI=1S/C13H13F3O4/c14-13(15,16)10-5-1-3-9(7-10)4-2-6-12(8-19-12)20-11(17)18/h1,3,5,7H,2,4,6,8H2,(H,17,18). The minimum absolute atomic E-state index is 0.196. The predicted octanol–water partition coefficient (Wildman–Crippen LogP) is 3.45. The Morgan fingerprint density at radius 2 is 2.15 bits per heavy atom. The van der Waals surface area contributed by atoms with E-state index in [9.17, 15) is 18.0 Å². The zero-order chi connectivity index (χ0) is 14.8. The average molecular weight is 290 g/mol. The van der Waals surface area contributed by atoms with Crippen molar-refractivity contribution in [3.05, 3.63) is 35.4 Å². The largest absolute Gasteiger partial charge is 0.508 e. The van der Waals surface area contributed by atoms with Crippen LogP contribution in [0.25, 0.3) is 0 Å². The van der Waals surface area contributed by atoms with Crippen molar-refractivity contribution in [3.8, 4) is 0 Å². The molecule has 1 aliphatic rings. The number of hydrogen-bond donors (Lipinski definition) is 1. The third kappa shape index (κ3) is 3.86. The number of carbonyl (C=O) groups is 1. The van der Waals surface area contributed by atoms with Crippen LogP contribution < -0.4 is 0 Å². The van der Waals surface area contributed by atoms with E-state index >= 15 is 0 Å². The molecule has 0 bridgehead atoms. The highest BCUT2D eigenvalue weighted by Gasteiger charge is 2.48. The van der Waals surface area contributed by atoms with Crippen LogP contribution in [-0.2, 0) is 22.1 Å². The topological polar surface area (TPSA) is 59.1 Å². The van der Waals surface area contributed by atoms with E-state index in [0.29, 0.717) is 24.8 Å². The Bertz CT molecular complexity index is 495. The Hall–Kier alpha value is -1.76. The summed E-state index contributed by atoms with van der Waals surface area (Å²) in [4.78, 5) is 10.4. The number of alkyl halides is 3. The molecule has 1 atom stereocenters. The van der Waals surface area contributed by atoms with E-state index in [-0.39, 0.29) is 6.61 Å². The summed E-state index contributed by atoms with van der Waals surface area (Å²) in [6.45, 7) is 0.196. The van der Waals surface area contributed by atoms with Gasteiger partial charge in [-0.15, -0.1) is 0 Å². The quantitative estimate of drug-likeness (QED) is 0.666. The zero-order valence-corrected chi connectivity index (χ0v) is 10.4. The molecule has 0 radical (unpaired) electrons. The molecule has 1 N–H and O–H groups in total. The lowest BCUT2D eigenvalue weighted by atomic mass is 10.0. The molecule has 0 aromatic heterocycles. The van der Waals surface area contributed by atoms with Crippen molar-refractivity contribution in [2.75, 3.05) is 6.61 Å². The number of hydrogen-bond acceptors (Lipinski definition) is 3. The van der Waals surface area contributed by atoms with Crippen LogP contribution >= 0.6 is 0 Å². The molecular weight excluding hydrogens is 277 g/mol. The second-order valence-corrected chi connectivity index (χ2v) is 4.62. The maximum atomic E-state index is 12.5. The first-order valence-electron chi connectivity index (χ1n) is 6.03. The molecule has 2 rings (SSSR count). The maximum Gasteiger partial charge on any atom is 0.508 e. The van der Waals surface area contributed by atoms with Crippen molar-refractivity contribution >= 4 is 6.16 Å². The van der Waals surface area contributed by atoms with Crippen molar-refractivity contribution in [1.29, 1.82) is 0 Å². The first-order valence-corrected chi connectivity index (χ1v) is 6.03. The fourth-order valence-corrected chi connectivity index (χ4v) is 1.96. The van der Waals surface area contributed by atoms with E-state index in [4.69, 9.17) is 9.84 Å². The maximum absolute atomic E-state index is 12.5. The normalized spacial score (nSPS) is 21.6. The third-order valence-electron chi connectivity index (χ3n) is 3.02. The fourth-order valence-electron chi connectivity index (χ4n) is 1.96. The Kier molecular flexibility index (Phi) is 3.89. The molecule has 7 heteroatoms. The molecule has 1 aromatic rings. The van der Waals surface area contributed by atoms with Gasteiger partial charge in [0, 0.05) is 6.42 Å². The van der Waals surface area contributed by atoms with E-state index in [1.165, 1.54) is 6.07 Å². The Labute approximate surface area is 113 Å². The summed E-state index contributed by atoms with van der Waals surface area (Å²) >= 11 is 0. The van der Waals surface area contributed by atoms with Crippen LogP contribution in [0.4, 0.5) is 18.0 Å². The SMILES string of the molecule is O=C(O)OC1(CCCc2cccc(C(F)(F)F)c2)CO1. The molecule has 1 saturated heterocycles. The Morgan fingerprint density at radius 1 is 1.45 bits per heavy atom. The molecule has 20 heavy (non-hydrogen) atoms. The molecule has 0 saturated carbocycles. The average Bonchev–Trinajstić information content (AvgIpc) is 3.07. The molecule has 110 valence electrons. The summed E-state index contributed by atoms with van der Waals surface area (Å²) < 4.78 is 47.1. The highest BCUT2D eigenvalue weighted by molar-refractivity contribution is 5.57. The third-order valence-corrected chi connectivity index (χ3v) is 3.02. The number of aryl methyl sites for hydroxylation is 1. The summed E-state index contributed by atoms with van der Waals surface area (Å²) in [5.41, 5.74) is -0.139. The van der Waals surface area contributed by atoms with Gasteiger partial charge in [-0.05, 0) is 24.5 Å². The van der Waals surface area contributed by atoms with E-state index in [0.717, 1.165) is 12.1 Å². The van der Waals surface area contributed by atoms with Gasteiger partial charge < -0.3 is 14.6 Å². The number of ether oxygens (including phenoxy) is 2. The molecule has 1 fully saturated rings. The summed E-state index contributed by atoms with van der Waals surface area (Å²) in [5.74, 6) is -1.09. The van der Waals surface area contributed by atoms with Crippen LogP contribution in [-0.4, -0.2) is 23.7 Å². The Balaban J connectivity index is 1.87. The fraction of sp³-hybridized carbons (Fsp3) is 0.462. The summed E-state index contributed by atoms with van der Waals surface area (Å²) in [7, 11) is 0. The van der Waals surface area contributed by atoms with E-state index < -0.39 is 23.7 Å². The minimum Gasteiger partial charge on any atom is -0.450 e. The first kappa shape index (κ1) is 14.6. The summed E-state index contributed by atoms with van der Waals surface area (Å²) in [6.07, 6.45) is -4.56. The highest BCUT2D eigenvalue weighted by Crippen LogP contribution is 2.34. The summed E-state index contributed by atoms with van der Waals surface area (Å²) in [5, 5.41) is 8.50. The molecule has 4 nitrogen and oxygen atoms in total. The molecule has 1 aliphatic heterocycles. The lowest BCUT2D eigenvalue weighted by Gasteiger charge is -2.11. The second-order valence-electron chi connectivity index (χ2n) is 4.62. The van der Waals surface area contributed by atoms with Gasteiger partial charge in [0.25, 0.3) is 0 Å². The van der Waals surface area contributed by atoms with E-state index in [1.807, 2.05) is 0 Å². The van der Waals surface area contributed by atoms with Crippen molar-refractivity contribution in [1.82, 2.24) is 0 Å². The zero-order valence-electron chi connectivity index (χ0n) is 10.4. The van der Waals surface area contributed by atoms with Crippen LogP contribution in [0, 0.1) is 0 Å². The van der Waals surface area contributed by atoms with Crippen LogP contribution in [0.1, 0.15) is 24.0 Å². The molecule has 1 aromatic carbocycles. The van der Waals surface area contributed by atoms with Crippen LogP contribution in [0.5, 0.6) is 0 Å². The monoisotopic (exact) mass is 290 g/mol. The van der Waals surface area contributed by atoms with Gasteiger partial charge in [0.05, 0.1) is 5.56 Å². The van der Waals surface area contributed by atoms with Gasteiger partial charge >= 0.3 is 12.3 Å². The highest BCUT2D eigenvalue weighted by atomic mass is 19.4. The Morgan fingerprint density at radius 3 is 2.70 bits per heavy atom. The number of halogens is 3. The number of carboxylic acid groups (broad SMARTS) is 1. The minimum atomic E-state index is -4.36. The van der Waals surface area contributed by atoms with E-state index in [1.54, 1.807) is 6.07 Å². The van der Waals surface area contributed by atoms with Crippen LogP contribution in [0.3, 0.4) is 0 Å². The molecule has 1 unspecified atom stereocenters. The molecule has 0 spiro atoms.